The van der Waals surface area contributed by atoms with Crippen molar-refractivity contribution in [3.63, 3.8) is 0 Å². The Morgan fingerprint density at radius 1 is 1.23 bits per heavy atom. The average Bonchev–Trinajstić information content (AvgIpc) is 3.26. The number of amides is 1. The van der Waals surface area contributed by atoms with E-state index in [1.54, 1.807) is 0 Å². The number of halogens is 1. The Balaban J connectivity index is 1.58. The van der Waals surface area contributed by atoms with E-state index in [9.17, 15) is 9.59 Å². The predicted octanol–water partition coefficient (Wildman–Crippen LogP) is 3.70. The topological polar surface area (TPSA) is 66.4 Å². The van der Waals surface area contributed by atoms with Crippen LogP contribution in [-0.4, -0.2) is 23.5 Å². The lowest BCUT2D eigenvalue weighted by Gasteiger charge is -2.05. The Morgan fingerprint density at radius 3 is 2.73 bits per heavy atom. The molecule has 1 aliphatic carbocycles. The molecule has 1 amide bonds. The average molecular weight is 368 g/mol. The summed E-state index contributed by atoms with van der Waals surface area (Å²) in [4.78, 5) is 22.4. The van der Waals surface area contributed by atoms with Crippen LogP contribution in [0.15, 0.2) is 28.7 Å². The Hall–Kier alpha value is -1.36. The molecule has 4 nitrogen and oxygen atoms in total. The van der Waals surface area contributed by atoms with Gasteiger partial charge in [-0.2, -0.15) is 0 Å². The molecule has 0 radical (unpaired) electrons. The number of nitrogens with one attached hydrogen (secondary N) is 1. The summed E-state index contributed by atoms with van der Waals surface area (Å²) < 4.78 is 1.05. The molecular weight excluding hydrogens is 346 g/mol. The van der Waals surface area contributed by atoms with Gasteiger partial charge in [-0.1, -0.05) is 40.9 Å². The minimum Gasteiger partial charge on any atom is -0.481 e. The Bertz CT molecular complexity index is 532. The molecule has 22 heavy (non-hydrogen) atoms. The number of hydrogen-bond acceptors (Lipinski definition) is 2. The van der Waals surface area contributed by atoms with Crippen LogP contribution in [0.2, 0.25) is 0 Å². The van der Waals surface area contributed by atoms with Crippen molar-refractivity contribution in [1.82, 2.24) is 5.32 Å². The highest BCUT2D eigenvalue weighted by Crippen LogP contribution is 2.47. The third kappa shape index (κ3) is 5.44. The largest absolute Gasteiger partial charge is 0.481 e. The fourth-order valence-electron chi connectivity index (χ4n) is 2.69. The predicted molar refractivity (Wildman–Crippen MR) is 88.7 cm³/mol. The van der Waals surface area contributed by atoms with Crippen molar-refractivity contribution in [2.75, 3.05) is 6.54 Å². The van der Waals surface area contributed by atoms with Crippen LogP contribution in [0.25, 0.3) is 0 Å². The second-order valence-electron chi connectivity index (χ2n) is 5.85. The normalized spacial score (nSPS) is 19.7. The van der Waals surface area contributed by atoms with Crippen LogP contribution in [0.3, 0.4) is 0 Å². The van der Waals surface area contributed by atoms with Crippen LogP contribution in [0, 0.1) is 5.92 Å². The lowest BCUT2D eigenvalue weighted by molar-refractivity contribution is -0.137. The highest BCUT2D eigenvalue weighted by Gasteiger charge is 2.43. The zero-order valence-electron chi connectivity index (χ0n) is 12.6. The highest BCUT2D eigenvalue weighted by molar-refractivity contribution is 9.10. The summed E-state index contributed by atoms with van der Waals surface area (Å²) in [7, 11) is 0. The number of carboxylic acids is 1. The van der Waals surface area contributed by atoms with Gasteiger partial charge < -0.3 is 10.4 Å². The quantitative estimate of drug-likeness (QED) is 0.653. The highest BCUT2D eigenvalue weighted by atomic mass is 79.9. The van der Waals surface area contributed by atoms with E-state index in [1.807, 2.05) is 12.1 Å². The summed E-state index contributed by atoms with van der Waals surface area (Å²) in [6.07, 6.45) is 4.68. The fraction of sp³-hybridized carbons (Fsp3) is 0.529. The number of carboxylic acid groups (broad SMARTS) is 1. The molecule has 0 bridgehead atoms. The van der Waals surface area contributed by atoms with E-state index in [0.717, 1.165) is 36.6 Å². The van der Waals surface area contributed by atoms with Gasteiger partial charge in [0.15, 0.2) is 0 Å². The second kappa shape index (κ2) is 8.32. The molecule has 0 saturated heterocycles. The SMILES string of the molecule is O=C(O)CCCCCCNC(=O)C1CC1c1cccc(Br)c1. The van der Waals surface area contributed by atoms with Gasteiger partial charge in [0.25, 0.3) is 0 Å². The van der Waals surface area contributed by atoms with Crippen molar-refractivity contribution >= 4 is 27.8 Å². The molecule has 1 aromatic carbocycles. The van der Waals surface area contributed by atoms with Gasteiger partial charge in [0.1, 0.15) is 0 Å². The molecule has 1 aliphatic rings. The van der Waals surface area contributed by atoms with Crippen LogP contribution in [-0.2, 0) is 9.59 Å². The number of carbonyl (C=O) groups is 2. The van der Waals surface area contributed by atoms with Crippen molar-refractivity contribution in [2.24, 2.45) is 5.92 Å². The molecule has 120 valence electrons. The van der Waals surface area contributed by atoms with Crippen molar-refractivity contribution in [3.05, 3.63) is 34.3 Å². The van der Waals surface area contributed by atoms with Gasteiger partial charge in [0.05, 0.1) is 0 Å². The molecule has 2 rings (SSSR count). The zero-order valence-corrected chi connectivity index (χ0v) is 14.1. The van der Waals surface area contributed by atoms with Crippen molar-refractivity contribution in [3.8, 4) is 0 Å². The zero-order chi connectivity index (χ0) is 15.9. The molecule has 2 atom stereocenters. The molecule has 1 saturated carbocycles. The number of hydrogen-bond donors (Lipinski definition) is 2. The lowest BCUT2D eigenvalue weighted by atomic mass is 10.1. The van der Waals surface area contributed by atoms with Crippen LogP contribution in [0.1, 0.15) is 50.0 Å². The Labute approximate surface area is 139 Å². The summed E-state index contributed by atoms with van der Waals surface area (Å²) >= 11 is 3.46. The first-order valence-electron chi connectivity index (χ1n) is 7.83. The summed E-state index contributed by atoms with van der Waals surface area (Å²) in [5.74, 6) is -0.120. The molecule has 0 spiro atoms. The Morgan fingerprint density at radius 2 is 2.00 bits per heavy atom. The first-order valence-corrected chi connectivity index (χ1v) is 8.62. The summed E-state index contributed by atoms with van der Waals surface area (Å²) in [5.41, 5.74) is 1.23. The van der Waals surface area contributed by atoms with Gasteiger partial charge in [0.2, 0.25) is 5.91 Å². The van der Waals surface area contributed by atoms with E-state index in [-0.39, 0.29) is 18.2 Å². The molecular formula is C17H22BrNO3. The van der Waals surface area contributed by atoms with Gasteiger partial charge in [0, 0.05) is 23.4 Å². The van der Waals surface area contributed by atoms with Gasteiger partial charge in [-0.25, -0.2) is 0 Å². The molecule has 1 aromatic rings. The van der Waals surface area contributed by atoms with Gasteiger partial charge in [-0.15, -0.1) is 0 Å². The molecule has 2 unspecified atom stereocenters. The third-order valence-corrected chi connectivity index (χ3v) is 4.51. The maximum atomic E-state index is 12.1. The maximum Gasteiger partial charge on any atom is 0.303 e. The van der Waals surface area contributed by atoms with Crippen LogP contribution in [0.4, 0.5) is 0 Å². The minimum atomic E-state index is -0.736. The van der Waals surface area contributed by atoms with Gasteiger partial charge in [-0.05, 0) is 42.9 Å². The second-order valence-corrected chi connectivity index (χ2v) is 6.77. The van der Waals surface area contributed by atoms with E-state index in [0.29, 0.717) is 12.5 Å². The summed E-state index contributed by atoms with van der Waals surface area (Å²) in [6.45, 7) is 0.688. The van der Waals surface area contributed by atoms with E-state index in [2.05, 4.69) is 33.4 Å². The monoisotopic (exact) mass is 367 g/mol. The van der Waals surface area contributed by atoms with Crippen molar-refractivity contribution < 1.29 is 14.7 Å². The summed E-state index contributed by atoms with van der Waals surface area (Å²) in [6, 6.07) is 8.15. The molecule has 0 aliphatic heterocycles. The number of carbonyl (C=O) groups excluding carboxylic acids is 1. The number of unbranched alkanes of at least 4 members (excludes halogenated alkanes) is 3. The van der Waals surface area contributed by atoms with E-state index >= 15 is 0 Å². The first-order chi connectivity index (χ1) is 10.6. The first kappa shape index (κ1) is 17.0. The molecule has 2 N–H and O–H groups in total. The smallest absolute Gasteiger partial charge is 0.303 e. The Kier molecular flexibility index (Phi) is 6.43. The maximum absolute atomic E-state index is 12.1. The third-order valence-electron chi connectivity index (χ3n) is 4.02. The van der Waals surface area contributed by atoms with Gasteiger partial charge >= 0.3 is 5.97 Å². The number of benzene rings is 1. The van der Waals surface area contributed by atoms with E-state index in [1.165, 1.54) is 5.56 Å². The summed E-state index contributed by atoms with van der Waals surface area (Å²) in [5, 5.41) is 11.5. The van der Waals surface area contributed by atoms with Gasteiger partial charge in [-0.3, -0.25) is 9.59 Å². The van der Waals surface area contributed by atoms with Crippen LogP contribution in [0.5, 0.6) is 0 Å². The molecule has 5 heteroatoms. The number of aliphatic carboxylic acids is 1. The molecule has 0 aromatic heterocycles. The van der Waals surface area contributed by atoms with Crippen molar-refractivity contribution in [1.29, 1.82) is 0 Å². The van der Waals surface area contributed by atoms with Crippen LogP contribution < -0.4 is 5.32 Å². The van der Waals surface area contributed by atoms with Crippen molar-refractivity contribution in [2.45, 2.75) is 44.4 Å². The molecule has 0 heterocycles. The lowest BCUT2D eigenvalue weighted by Crippen LogP contribution is -2.26. The minimum absolute atomic E-state index is 0.112. The van der Waals surface area contributed by atoms with E-state index in [4.69, 9.17) is 5.11 Å². The van der Waals surface area contributed by atoms with Crippen LogP contribution >= 0.6 is 15.9 Å². The van der Waals surface area contributed by atoms with E-state index < -0.39 is 5.97 Å². The number of rotatable bonds is 9. The fourth-order valence-corrected chi connectivity index (χ4v) is 3.10. The standard InChI is InChI=1S/C17H22BrNO3/c18-13-7-5-6-12(10-13)14-11-15(14)17(22)19-9-4-2-1-3-8-16(20)21/h5-7,10,14-15H,1-4,8-9,11H2,(H,19,22)(H,20,21). The molecule has 1 fully saturated rings.